The first-order valence-corrected chi connectivity index (χ1v) is 7.67. The lowest BCUT2D eigenvalue weighted by atomic mass is 9.90. The first kappa shape index (κ1) is 13.9. The van der Waals surface area contributed by atoms with Crippen LogP contribution in [0.5, 0.6) is 0 Å². The summed E-state index contributed by atoms with van der Waals surface area (Å²) in [6.07, 6.45) is 7.10. The molecule has 2 aliphatic rings. The average molecular weight is 311 g/mol. The van der Waals surface area contributed by atoms with Crippen LogP contribution in [-0.2, 0) is 0 Å². The molecule has 2 saturated carbocycles. The number of fused-ring (bicyclic) bond motifs is 2. The smallest absolute Gasteiger partial charge is 0.267 e. The molecule has 5 heteroatoms. The molecule has 1 amide bonds. The van der Waals surface area contributed by atoms with Gasteiger partial charge in [0.1, 0.15) is 0 Å². The van der Waals surface area contributed by atoms with Gasteiger partial charge in [-0.3, -0.25) is 4.79 Å². The summed E-state index contributed by atoms with van der Waals surface area (Å²) < 4.78 is 0. The number of hydrazone groups is 1. The predicted molar refractivity (Wildman–Crippen MR) is 81.4 cm³/mol. The fourth-order valence-corrected chi connectivity index (χ4v) is 3.90. The molecule has 2 fully saturated rings. The molecule has 0 aromatic heterocycles. The molecule has 106 valence electrons. The van der Waals surface area contributed by atoms with E-state index >= 15 is 0 Å². The van der Waals surface area contributed by atoms with Gasteiger partial charge in [-0.1, -0.05) is 29.6 Å². The van der Waals surface area contributed by atoms with Gasteiger partial charge in [0.15, 0.2) is 0 Å². The molecule has 0 spiro atoms. The molecule has 2 aliphatic carbocycles. The number of amides is 1. The van der Waals surface area contributed by atoms with Gasteiger partial charge in [-0.25, -0.2) is 5.43 Å². The van der Waals surface area contributed by atoms with Crippen LogP contribution in [0.15, 0.2) is 23.3 Å². The van der Waals surface area contributed by atoms with Crippen molar-refractivity contribution in [3.05, 3.63) is 33.8 Å². The van der Waals surface area contributed by atoms with Crippen molar-refractivity contribution < 1.29 is 4.79 Å². The first-order chi connectivity index (χ1) is 9.63. The fraction of sp³-hybridized carbons (Fsp3) is 0.467. The lowest BCUT2D eigenvalue weighted by Gasteiger charge is -2.16. The summed E-state index contributed by atoms with van der Waals surface area (Å²) in [5.41, 5.74) is 2.94. The number of carbonyl (C=O) groups is 1. The van der Waals surface area contributed by atoms with Crippen molar-refractivity contribution >= 4 is 35.3 Å². The summed E-state index contributed by atoms with van der Waals surface area (Å²) in [7, 11) is 0. The van der Waals surface area contributed by atoms with Crippen LogP contribution in [0.1, 0.15) is 36.0 Å². The average Bonchev–Trinajstić information content (AvgIpc) is 3.00. The normalized spacial score (nSPS) is 28.2. The standard InChI is InChI=1S/C15H16Cl2N2O/c16-12-3-4-13(14(17)7-12)15(20)19-18-8-11-6-9-1-2-10(11)5-9/h3-4,7-11H,1-2,5-6H2,(H,19,20)/b18-8-/t9-,10+,11-/m0/s1. The van der Waals surface area contributed by atoms with Gasteiger partial charge in [0, 0.05) is 11.2 Å². The van der Waals surface area contributed by atoms with E-state index in [-0.39, 0.29) is 5.91 Å². The van der Waals surface area contributed by atoms with Crippen LogP contribution in [0.3, 0.4) is 0 Å². The third-order valence-corrected chi connectivity index (χ3v) is 4.95. The summed E-state index contributed by atoms with van der Waals surface area (Å²) in [6.45, 7) is 0. The molecule has 20 heavy (non-hydrogen) atoms. The highest BCUT2D eigenvalue weighted by Gasteiger charge is 2.38. The van der Waals surface area contributed by atoms with E-state index in [9.17, 15) is 4.79 Å². The number of nitrogens with zero attached hydrogens (tertiary/aromatic N) is 1. The van der Waals surface area contributed by atoms with Crippen molar-refractivity contribution in [2.45, 2.75) is 25.7 Å². The fourth-order valence-electron chi connectivity index (χ4n) is 3.40. The molecule has 0 saturated heterocycles. The van der Waals surface area contributed by atoms with Crippen LogP contribution in [-0.4, -0.2) is 12.1 Å². The molecule has 0 radical (unpaired) electrons. The SMILES string of the molecule is O=C(N/N=C\[C@@H]1C[C@H]2CC[C@@H]1C2)c1ccc(Cl)cc1Cl. The Morgan fingerprint density at radius 2 is 2.15 bits per heavy atom. The third-order valence-electron chi connectivity index (χ3n) is 4.40. The second-order valence-corrected chi connectivity index (χ2v) is 6.53. The molecule has 1 N–H and O–H groups in total. The molecule has 0 heterocycles. The predicted octanol–water partition coefficient (Wildman–Crippen LogP) is 4.15. The summed E-state index contributed by atoms with van der Waals surface area (Å²) >= 11 is 11.8. The lowest BCUT2D eigenvalue weighted by Crippen LogP contribution is -2.20. The van der Waals surface area contributed by atoms with Gasteiger partial charge in [-0.05, 0) is 55.2 Å². The number of halogens is 2. The van der Waals surface area contributed by atoms with Gasteiger partial charge in [0.25, 0.3) is 5.91 Å². The van der Waals surface area contributed by atoms with Gasteiger partial charge < -0.3 is 0 Å². The Labute approximate surface area is 128 Å². The van der Waals surface area contributed by atoms with E-state index in [2.05, 4.69) is 10.5 Å². The van der Waals surface area contributed by atoms with Crippen molar-refractivity contribution in [2.75, 3.05) is 0 Å². The maximum atomic E-state index is 12.0. The van der Waals surface area contributed by atoms with Crippen LogP contribution in [0.2, 0.25) is 10.0 Å². The summed E-state index contributed by atoms with van der Waals surface area (Å²) in [5.74, 6) is 1.86. The van der Waals surface area contributed by atoms with Crippen molar-refractivity contribution in [1.82, 2.24) is 5.43 Å². The molecular weight excluding hydrogens is 295 g/mol. The zero-order valence-corrected chi connectivity index (χ0v) is 12.5. The molecule has 3 atom stereocenters. The Balaban J connectivity index is 1.59. The van der Waals surface area contributed by atoms with Crippen LogP contribution >= 0.6 is 23.2 Å². The Hall–Kier alpha value is -1.06. The van der Waals surface area contributed by atoms with E-state index in [0.717, 1.165) is 11.8 Å². The largest absolute Gasteiger partial charge is 0.272 e. The quantitative estimate of drug-likeness (QED) is 0.661. The second-order valence-electron chi connectivity index (χ2n) is 5.68. The van der Waals surface area contributed by atoms with Crippen LogP contribution in [0, 0.1) is 17.8 Å². The van der Waals surface area contributed by atoms with Crippen molar-refractivity contribution in [3.63, 3.8) is 0 Å². The molecule has 3 nitrogen and oxygen atoms in total. The van der Waals surface area contributed by atoms with Gasteiger partial charge in [-0.2, -0.15) is 5.10 Å². The number of benzene rings is 1. The van der Waals surface area contributed by atoms with E-state index in [0.29, 0.717) is 21.5 Å². The summed E-state index contributed by atoms with van der Waals surface area (Å²) in [6, 6.07) is 4.80. The first-order valence-electron chi connectivity index (χ1n) is 6.92. The highest BCUT2D eigenvalue weighted by Crippen LogP contribution is 2.47. The summed E-state index contributed by atoms with van der Waals surface area (Å²) in [5, 5.41) is 4.95. The van der Waals surface area contributed by atoms with Gasteiger partial charge in [0.05, 0.1) is 10.6 Å². The third kappa shape index (κ3) is 2.84. The zero-order chi connectivity index (χ0) is 14.1. The van der Waals surface area contributed by atoms with E-state index in [4.69, 9.17) is 23.2 Å². The molecule has 0 aliphatic heterocycles. The maximum absolute atomic E-state index is 12.0. The molecule has 1 aromatic carbocycles. The molecule has 2 bridgehead atoms. The summed E-state index contributed by atoms with van der Waals surface area (Å²) in [4.78, 5) is 12.0. The zero-order valence-electron chi connectivity index (χ0n) is 11.0. The van der Waals surface area contributed by atoms with Gasteiger partial charge in [0.2, 0.25) is 0 Å². The van der Waals surface area contributed by atoms with Crippen LogP contribution in [0.4, 0.5) is 0 Å². The maximum Gasteiger partial charge on any atom is 0.272 e. The highest BCUT2D eigenvalue weighted by atomic mass is 35.5. The molecule has 0 unspecified atom stereocenters. The number of carbonyl (C=O) groups excluding carboxylic acids is 1. The van der Waals surface area contributed by atoms with Crippen molar-refractivity contribution in [3.8, 4) is 0 Å². The number of nitrogens with one attached hydrogen (secondary N) is 1. The molecular formula is C15H16Cl2N2O. The Kier molecular flexibility index (Phi) is 3.99. The second kappa shape index (κ2) is 5.74. The topological polar surface area (TPSA) is 41.5 Å². The Bertz CT molecular complexity index is 559. The number of hydrogen-bond acceptors (Lipinski definition) is 2. The lowest BCUT2D eigenvalue weighted by molar-refractivity contribution is 0.0955. The minimum Gasteiger partial charge on any atom is -0.267 e. The van der Waals surface area contributed by atoms with Crippen molar-refractivity contribution in [1.29, 1.82) is 0 Å². The van der Waals surface area contributed by atoms with Crippen LogP contribution in [0.25, 0.3) is 0 Å². The van der Waals surface area contributed by atoms with E-state index in [1.54, 1.807) is 18.2 Å². The molecule has 3 rings (SSSR count). The Morgan fingerprint density at radius 3 is 2.80 bits per heavy atom. The van der Waals surface area contributed by atoms with Crippen LogP contribution < -0.4 is 5.43 Å². The monoisotopic (exact) mass is 310 g/mol. The Morgan fingerprint density at radius 1 is 1.30 bits per heavy atom. The minimum absolute atomic E-state index is 0.300. The van der Waals surface area contributed by atoms with E-state index in [1.165, 1.54) is 25.7 Å². The van der Waals surface area contributed by atoms with E-state index < -0.39 is 0 Å². The number of rotatable bonds is 3. The highest BCUT2D eigenvalue weighted by molar-refractivity contribution is 6.36. The number of hydrogen-bond donors (Lipinski definition) is 1. The van der Waals surface area contributed by atoms with Gasteiger partial charge >= 0.3 is 0 Å². The van der Waals surface area contributed by atoms with Crippen molar-refractivity contribution in [2.24, 2.45) is 22.9 Å². The minimum atomic E-state index is -0.300. The van der Waals surface area contributed by atoms with E-state index in [1.807, 2.05) is 6.21 Å². The molecule has 1 aromatic rings. The van der Waals surface area contributed by atoms with Gasteiger partial charge in [-0.15, -0.1) is 0 Å².